The van der Waals surface area contributed by atoms with Gasteiger partial charge in [-0.05, 0) is 6.92 Å². The van der Waals surface area contributed by atoms with Gasteiger partial charge in [0.05, 0.1) is 12.4 Å². The highest BCUT2D eigenvalue weighted by molar-refractivity contribution is 5.92. The molecular weight excluding hydrogens is 260 g/mol. The third kappa shape index (κ3) is 5.09. The van der Waals surface area contributed by atoms with E-state index in [1.54, 1.807) is 20.3 Å². The number of amides is 3. The summed E-state index contributed by atoms with van der Waals surface area (Å²) >= 11 is 0. The molecule has 1 aromatic heterocycles. The maximum Gasteiger partial charge on any atom is 0.316 e. The first-order valence-electron chi connectivity index (χ1n) is 6.34. The molecule has 0 aliphatic carbocycles. The zero-order valence-electron chi connectivity index (χ0n) is 11.9. The summed E-state index contributed by atoms with van der Waals surface area (Å²) in [7, 11) is 3.30. The Morgan fingerprint density at radius 1 is 1.20 bits per heavy atom. The van der Waals surface area contributed by atoms with E-state index in [1.807, 2.05) is 6.92 Å². The van der Waals surface area contributed by atoms with Crippen molar-refractivity contribution in [3.8, 4) is 0 Å². The minimum absolute atomic E-state index is 0.201. The fraction of sp³-hybridized carbons (Fsp3) is 0.500. The van der Waals surface area contributed by atoms with E-state index in [0.717, 1.165) is 0 Å². The number of carbonyl (C=O) groups is 2. The van der Waals surface area contributed by atoms with Crippen LogP contribution in [0.5, 0.6) is 0 Å². The molecule has 1 heterocycles. The molecule has 0 aliphatic rings. The van der Waals surface area contributed by atoms with Crippen LogP contribution in [0.4, 0.5) is 10.6 Å². The molecule has 0 bridgehead atoms. The first-order chi connectivity index (χ1) is 9.54. The van der Waals surface area contributed by atoms with Crippen molar-refractivity contribution in [3.05, 3.63) is 18.1 Å². The number of aromatic nitrogens is 2. The second kappa shape index (κ2) is 7.93. The molecule has 3 amide bonds. The molecule has 8 nitrogen and oxygen atoms in total. The lowest BCUT2D eigenvalue weighted by Crippen LogP contribution is -2.39. The summed E-state index contributed by atoms with van der Waals surface area (Å²) in [4.78, 5) is 32.5. The van der Waals surface area contributed by atoms with Gasteiger partial charge in [-0.25, -0.2) is 9.78 Å². The van der Waals surface area contributed by atoms with Crippen molar-refractivity contribution >= 4 is 17.8 Å². The van der Waals surface area contributed by atoms with Crippen LogP contribution in [0, 0.1) is 0 Å². The fourth-order valence-electron chi connectivity index (χ4n) is 1.34. The molecule has 0 unspecified atom stereocenters. The molecule has 0 saturated heterocycles. The standard InChI is InChI=1S/C12H20N6O2/c1-4-14-10-8-13-7-9(17-10)11(19)15-5-6-16-12(20)18(2)3/h7-8H,4-6H2,1-3H3,(H,14,17)(H,15,19)(H,16,20). The van der Waals surface area contributed by atoms with Gasteiger partial charge in [-0.1, -0.05) is 0 Å². The van der Waals surface area contributed by atoms with E-state index in [2.05, 4.69) is 25.9 Å². The molecule has 0 radical (unpaired) electrons. The van der Waals surface area contributed by atoms with Gasteiger partial charge in [0.2, 0.25) is 0 Å². The Labute approximate surface area is 118 Å². The Balaban J connectivity index is 2.39. The Morgan fingerprint density at radius 3 is 2.55 bits per heavy atom. The van der Waals surface area contributed by atoms with Gasteiger partial charge in [0, 0.05) is 33.7 Å². The van der Waals surface area contributed by atoms with Crippen LogP contribution < -0.4 is 16.0 Å². The van der Waals surface area contributed by atoms with E-state index in [4.69, 9.17) is 0 Å². The highest BCUT2D eigenvalue weighted by Crippen LogP contribution is 2.01. The lowest BCUT2D eigenvalue weighted by Gasteiger charge is -2.12. The number of nitrogens with one attached hydrogen (secondary N) is 3. The highest BCUT2D eigenvalue weighted by Gasteiger charge is 2.08. The van der Waals surface area contributed by atoms with Gasteiger partial charge in [0.25, 0.3) is 5.91 Å². The van der Waals surface area contributed by atoms with E-state index in [-0.39, 0.29) is 17.6 Å². The van der Waals surface area contributed by atoms with Crippen LogP contribution in [0.15, 0.2) is 12.4 Å². The van der Waals surface area contributed by atoms with Crippen molar-refractivity contribution in [3.63, 3.8) is 0 Å². The molecule has 1 aromatic rings. The zero-order chi connectivity index (χ0) is 15.0. The van der Waals surface area contributed by atoms with Gasteiger partial charge in [-0.2, -0.15) is 0 Å². The van der Waals surface area contributed by atoms with Crippen LogP contribution in [0.3, 0.4) is 0 Å². The molecule has 8 heteroatoms. The molecule has 110 valence electrons. The number of urea groups is 1. The van der Waals surface area contributed by atoms with Gasteiger partial charge in [0.15, 0.2) is 0 Å². The summed E-state index contributed by atoms with van der Waals surface area (Å²) < 4.78 is 0. The Bertz CT molecular complexity index is 463. The van der Waals surface area contributed by atoms with Gasteiger partial charge in [-0.3, -0.25) is 9.78 Å². The monoisotopic (exact) mass is 280 g/mol. The highest BCUT2D eigenvalue weighted by atomic mass is 16.2. The Kier molecular flexibility index (Phi) is 6.21. The third-order valence-electron chi connectivity index (χ3n) is 2.32. The first-order valence-corrected chi connectivity index (χ1v) is 6.34. The normalized spacial score (nSPS) is 9.75. The molecule has 0 atom stereocenters. The van der Waals surface area contributed by atoms with Gasteiger partial charge in [-0.15, -0.1) is 0 Å². The predicted octanol–water partition coefficient (Wildman–Crippen LogP) is -0.0906. The number of hydrogen-bond acceptors (Lipinski definition) is 5. The molecular formula is C12H20N6O2. The zero-order valence-corrected chi connectivity index (χ0v) is 11.9. The minimum atomic E-state index is -0.323. The summed E-state index contributed by atoms with van der Waals surface area (Å²) in [5, 5.41) is 8.29. The Hall–Kier alpha value is -2.38. The molecule has 1 rings (SSSR count). The number of anilines is 1. The second-order valence-corrected chi connectivity index (χ2v) is 4.20. The molecule has 20 heavy (non-hydrogen) atoms. The summed E-state index contributed by atoms with van der Waals surface area (Å²) in [6.45, 7) is 3.31. The lowest BCUT2D eigenvalue weighted by atomic mass is 10.4. The van der Waals surface area contributed by atoms with Crippen LogP contribution in [0.25, 0.3) is 0 Å². The molecule has 0 fully saturated rings. The van der Waals surface area contributed by atoms with E-state index in [9.17, 15) is 9.59 Å². The summed E-state index contributed by atoms with van der Waals surface area (Å²) in [6.07, 6.45) is 2.95. The molecule has 0 saturated carbocycles. The van der Waals surface area contributed by atoms with E-state index in [1.165, 1.54) is 11.1 Å². The van der Waals surface area contributed by atoms with Crippen molar-refractivity contribution in [2.45, 2.75) is 6.92 Å². The third-order valence-corrected chi connectivity index (χ3v) is 2.32. The SMILES string of the molecule is CCNc1cncc(C(=O)NCCNC(=O)N(C)C)n1. The van der Waals surface area contributed by atoms with Gasteiger partial charge in [0.1, 0.15) is 11.5 Å². The van der Waals surface area contributed by atoms with Crippen LogP contribution in [-0.4, -0.2) is 60.5 Å². The van der Waals surface area contributed by atoms with E-state index in [0.29, 0.717) is 25.5 Å². The summed E-state index contributed by atoms with van der Waals surface area (Å²) in [5.74, 6) is 0.234. The van der Waals surface area contributed by atoms with Crippen molar-refractivity contribution in [2.24, 2.45) is 0 Å². The van der Waals surface area contributed by atoms with Crippen LogP contribution >= 0.6 is 0 Å². The molecule has 0 spiro atoms. The topological polar surface area (TPSA) is 99.2 Å². The molecule has 3 N–H and O–H groups in total. The summed E-state index contributed by atoms with van der Waals surface area (Å²) in [6, 6.07) is -0.201. The predicted molar refractivity (Wildman–Crippen MR) is 75.6 cm³/mol. The van der Waals surface area contributed by atoms with E-state index >= 15 is 0 Å². The van der Waals surface area contributed by atoms with Crippen molar-refractivity contribution < 1.29 is 9.59 Å². The lowest BCUT2D eigenvalue weighted by molar-refractivity contribution is 0.0948. The van der Waals surface area contributed by atoms with Crippen LogP contribution in [0.2, 0.25) is 0 Å². The minimum Gasteiger partial charge on any atom is -0.369 e. The molecule has 0 aliphatic heterocycles. The number of rotatable bonds is 6. The van der Waals surface area contributed by atoms with Crippen LogP contribution in [0.1, 0.15) is 17.4 Å². The fourth-order valence-corrected chi connectivity index (χ4v) is 1.34. The van der Waals surface area contributed by atoms with Crippen molar-refractivity contribution in [1.82, 2.24) is 25.5 Å². The average molecular weight is 280 g/mol. The maximum atomic E-state index is 11.8. The van der Waals surface area contributed by atoms with E-state index < -0.39 is 0 Å². The number of hydrogen-bond donors (Lipinski definition) is 3. The number of carbonyl (C=O) groups excluding carboxylic acids is 2. The smallest absolute Gasteiger partial charge is 0.316 e. The molecule has 0 aromatic carbocycles. The Morgan fingerprint density at radius 2 is 1.90 bits per heavy atom. The maximum absolute atomic E-state index is 11.8. The largest absolute Gasteiger partial charge is 0.369 e. The van der Waals surface area contributed by atoms with Crippen LogP contribution in [-0.2, 0) is 0 Å². The van der Waals surface area contributed by atoms with Crippen molar-refractivity contribution in [2.75, 3.05) is 39.0 Å². The number of nitrogens with zero attached hydrogens (tertiary/aromatic N) is 3. The van der Waals surface area contributed by atoms with Gasteiger partial charge >= 0.3 is 6.03 Å². The van der Waals surface area contributed by atoms with Crippen molar-refractivity contribution in [1.29, 1.82) is 0 Å². The second-order valence-electron chi connectivity index (χ2n) is 4.20. The summed E-state index contributed by atoms with van der Waals surface area (Å²) in [5.41, 5.74) is 0.238. The van der Waals surface area contributed by atoms with Gasteiger partial charge < -0.3 is 20.9 Å². The average Bonchev–Trinajstić information content (AvgIpc) is 2.43. The first kappa shape index (κ1) is 15.7. The quantitative estimate of drug-likeness (QED) is 0.632.